The summed E-state index contributed by atoms with van der Waals surface area (Å²) in [4.78, 5) is 20.3. The third kappa shape index (κ3) is 3.16. The van der Waals surface area contributed by atoms with Crippen LogP contribution in [0, 0.1) is 10.1 Å². The molecule has 0 atom stereocenters. The van der Waals surface area contributed by atoms with E-state index in [1.807, 2.05) is 0 Å². The number of nitro groups is 1. The second kappa shape index (κ2) is 6.16. The van der Waals surface area contributed by atoms with E-state index >= 15 is 0 Å². The van der Waals surface area contributed by atoms with Crippen molar-refractivity contribution in [1.29, 1.82) is 0 Å². The monoisotopic (exact) mass is 253 g/mol. The average molecular weight is 253 g/mol. The van der Waals surface area contributed by atoms with Gasteiger partial charge >= 0.3 is 57.4 Å². The van der Waals surface area contributed by atoms with Crippen LogP contribution in [0.3, 0.4) is 0 Å². The van der Waals surface area contributed by atoms with Crippen molar-refractivity contribution in [3.8, 4) is 11.5 Å². The van der Waals surface area contributed by atoms with Crippen LogP contribution in [0.4, 0.5) is 5.69 Å². The molecular weight excluding hydrogens is 245 g/mol. The minimum absolute atomic E-state index is 0. The Labute approximate surface area is 134 Å². The van der Waals surface area contributed by atoms with E-state index in [1.165, 1.54) is 7.11 Å². The maximum absolute atomic E-state index is 10.6. The number of hydrogen-bond acceptors (Lipinski definition) is 5. The van der Waals surface area contributed by atoms with Crippen molar-refractivity contribution < 1.29 is 77.5 Å². The van der Waals surface area contributed by atoms with Gasteiger partial charge in [-0.2, -0.15) is 0 Å². The molecule has 0 aliphatic rings. The van der Waals surface area contributed by atoms with Crippen LogP contribution in [0.2, 0.25) is 0 Å². The van der Waals surface area contributed by atoms with Crippen molar-refractivity contribution in [2.75, 3.05) is 7.11 Å². The standard InChI is InChI=1S/C8H7NO6.K.H/c1-15-7-3-5(9(13)14)4(8(11)12)2-6(7)10;;/h2-3,10H,1H3,(H,11,12);;/q;+1;-1. The number of methoxy groups -OCH3 is 1. The topological polar surface area (TPSA) is 110 Å². The first-order valence-corrected chi connectivity index (χ1v) is 3.76. The smallest absolute Gasteiger partial charge is 1.00 e. The molecule has 2 N–H and O–H groups in total. The normalized spacial score (nSPS) is 9.06. The maximum Gasteiger partial charge on any atom is 1.00 e. The van der Waals surface area contributed by atoms with E-state index in [1.54, 1.807) is 0 Å². The van der Waals surface area contributed by atoms with E-state index in [9.17, 15) is 20.0 Å². The van der Waals surface area contributed by atoms with Gasteiger partial charge < -0.3 is 16.4 Å². The average Bonchev–Trinajstić information content (AvgIpc) is 2.16. The fourth-order valence-electron chi connectivity index (χ4n) is 1.04. The largest absolute Gasteiger partial charge is 1.00 e. The molecule has 0 saturated carbocycles. The Kier molecular flexibility index (Phi) is 5.90. The fraction of sp³-hybridized carbons (Fsp3) is 0.125. The summed E-state index contributed by atoms with van der Waals surface area (Å²) >= 11 is 0. The van der Waals surface area contributed by atoms with Gasteiger partial charge in [0, 0.05) is 6.07 Å². The first-order chi connectivity index (χ1) is 6.97. The molecule has 1 aromatic carbocycles. The number of phenols is 1. The van der Waals surface area contributed by atoms with Crippen LogP contribution >= 0.6 is 0 Å². The Bertz CT molecular complexity index is 438. The van der Waals surface area contributed by atoms with Gasteiger partial charge in [-0.05, 0) is 0 Å². The van der Waals surface area contributed by atoms with Gasteiger partial charge in [-0.25, -0.2) is 4.79 Å². The van der Waals surface area contributed by atoms with E-state index in [0.29, 0.717) is 0 Å². The number of hydrogen-bond donors (Lipinski definition) is 2. The van der Waals surface area contributed by atoms with Crippen LogP contribution in [0.5, 0.6) is 11.5 Å². The third-order valence-corrected chi connectivity index (χ3v) is 1.72. The van der Waals surface area contributed by atoms with E-state index < -0.39 is 27.9 Å². The molecule has 0 aromatic heterocycles. The predicted molar refractivity (Wildman–Crippen MR) is 49.4 cm³/mol. The van der Waals surface area contributed by atoms with Crippen molar-refractivity contribution >= 4 is 11.7 Å². The van der Waals surface area contributed by atoms with Gasteiger partial charge in [0.15, 0.2) is 11.5 Å². The van der Waals surface area contributed by atoms with Gasteiger partial charge in [-0.1, -0.05) is 0 Å². The first-order valence-electron chi connectivity index (χ1n) is 3.76. The molecule has 0 aliphatic carbocycles. The van der Waals surface area contributed by atoms with Crippen LogP contribution in [-0.2, 0) is 0 Å². The number of carboxylic acids is 1. The number of ether oxygens (including phenoxy) is 1. The number of aromatic hydroxyl groups is 1. The SMILES string of the molecule is COc1cc([N+](=O)[O-])c(C(=O)O)cc1O.[H-].[K+]. The van der Waals surface area contributed by atoms with E-state index in [0.717, 1.165) is 12.1 Å². The molecule has 82 valence electrons. The summed E-state index contributed by atoms with van der Waals surface area (Å²) in [5.74, 6) is -2.09. The Hall–Kier alpha value is -0.674. The third-order valence-electron chi connectivity index (χ3n) is 1.72. The van der Waals surface area contributed by atoms with Gasteiger partial charge in [0.2, 0.25) is 0 Å². The van der Waals surface area contributed by atoms with Crippen molar-refractivity contribution in [3.05, 3.63) is 27.8 Å². The molecule has 0 fully saturated rings. The van der Waals surface area contributed by atoms with Crippen LogP contribution in [-0.4, -0.2) is 28.2 Å². The van der Waals surface area contributed by atoms with E-state index in [2.05, 4.69) is 4.74 Å². The number of phenolic OH excluding ortho intramolecular Hbond substituents is 1. The molecule has 0 amide bonds. The molecule has 8 heteroatoms. The molecule has 0 bridgehead atoms. The summed E-state index contributed by atoms with van der Waals surface area (Å²) in [6.07, 6.45) is 0. The predicted octanol–water partition coefficient (Wildman–Crippen LogP) is -1.88. The number of nitrogens with zero attached hydrogens (tertiary/aromatic N) is 1. The molecule has 0 unspecified atom stereocenters. The quantitative estimate of drug-likeness (QED) is 0.371. The molecule has 16 heavy (non-hydrogen) atoms. The summed E-state index contributed by atoms with van der Waals surface area (Å²) in [5.41, 5.74) is -1.21. The molecule has 1 aromatic rings. The van der Waals surface area contributed by atoms with E-state index in [-0.39, 0.29) is 58.6 Å². The summed E-state index contributed by atoms with van der Waals surface area (Å²) in [6.45, 7) is 0. The van der Waals surface area contributed by atoms with Gasteiger partial charge in [-0.3, -0.25) is 10.1 Å². The zero-order valence-electron chi connectivity index (χ0n) is 9.63. The number of aromatic carboxylic acids is 1. The number of rotatable bonds is 3. The molecule has 0 radical (unpaired) electrons. The molecule has 0 aliphatic heterocycles. The summed E-state index contributed by atoms with van der Waals surface area (Å²) in [6, 6.07) is 1.64. The van der Waals surface area contributed by atoms with Gasteiger partial charge in [0.25, 0.3) is 5.69 Å². The van der Waals surface area contributed by atoms with Crippen molar-refractivity contribution in [2.24, 2.45) is 0 Å². The van der Waals surface area contributed by atoms with Gasteiger partial charge in [0.1, 0.15) is 5.56 Å². The fourth-order valence-corrected chi connectivity index (χ4v) is 1.04. The maximum atomic E-state index is 10.6. The minimum atomic E-state index is -1.49. The van der Waals surface area contributed by atoms with Crippen LogP contribution < -0.4 is 56.1 Å². The minimum Gasteiger partial charge on any atom is -1.00 e. The van der Waals surface area contributed by atoms with Crippen molar-refractivity contribution in [2.45, 2.75) is 0 Å². The number of carboxylic acid groups (broad SMARTS) is 1. The van der Waals surface area contributed by atoms with Crippen molar-refractivity contribution in [3.63, 3.8) is 0 Å². The number of carbonyl (C=O) groups is 1. The Morgan fingerprint density at radius 1 is 1.56 bits per heavy atom. The van der Waals surface area contributed by atoms with E-state index in [4.69, 9.17) is 5.11 Å². The summed E-state index contributed by atoms with van der Waals surface area (Å²) in [5, 5.41) is 28.4. The Morgan fingerprint density at radius 2 is 2.12 bits per heavy atom. The molecule has 7 nitrogen and oxygen atoms in total. The van der Waals surface area contributed by atoms with Crippen LogP contribution in [0.15, 0.2) is 12.1 Å². The Morgan fingerprint density at radius 3 is 2.50 bits per heavy atom. The summed E-state index contributed by atoms with van der Waals surface area (Å²) < 4.78 is 4.62. The molecular formula is C8H8KNO6. The molecule has 0 heterocycles. The number of nitro benzene ring substituents is 1. The van der Waals surface area contributed by atoms with Crippen LogP contribution in [0.1, 0.15) is 11.8 Å². The zero-order valence-corrected chi connectivity index (χ0v) is 11.8. The molecule has 0 spiro atoms. The first kappa shape index (κ1) is 15.3. The zero-order chi connectivity index (χ0) is 11.6. The Balaban J connectivity index is 0. The van der Waals surface area contributed by atoms with Crippen LogP contribution in [0.25, 0.3) is 0 Å². The molecule has 1 rings (SSSR count). The second-order valence-electron chi connectivity index (χ2n) is 2.60. The summed E-state index contributed by atoms with van der Waals surface area (Å²) in [7, 11) is 1.21. The second-order valence-corrected chi connectivity index (χ2v) is 2.60. The number of benzene rings is 1. The van der Waals surface area contributed by atoms with Gasteiger partial charge in [-0.15, -0.1) is 0 Å². The molecule has 0 saturated heterocycles. The van der Waals surface area contributed by atoms with Gasteiger partial charge in [0.05, 0.1) is 18.1 Å². The van der Waals surface area contributed by atoms with Crippen molar-refractivity contribution in [1.82, 2.24) is 0 Å².